The first-order chi connectivity index (χ1) is 5.23. The van der Waals surface area contributed by atoms with Gasteiger partial charge in [0.2, 0.25) is 0 Å². The second-order valence-corrected chi connectivity index (χ2v) is 4.24. The quantitative estimate of drug-likeness (QED) is 0.497. The summed E-state index contributed by atoms with van der Waals surface area (Å²) in [6.07, 6.45) is 6.06. The smallest absolute Gasteiger partial charge is 0.0269 e. The molecule has 0 nitrogen and oxygen atoms in total. The molecule has 0 amide bonds. The molecule has 0 saturated heterocycles. The van der Waals surface area contributed by atoms with Crippen LogP contribution in [0.15, 0.2) is 0 Å². The van der Waals surface area contributed by atoms with Gasteiger partial charge >= 0.3 is 0 Å². The molecule has 2 aliphatic rings. The van der Waals surface area contributed by atoms with E-state index in [-0.39, 0.29) is 0 Å². The van der Waals surface area contributed by atoms with Gasteiger partial charge in [0.25, 0.3) is 0 Å². The molecule has 0 aromatic heterocycles. The van der Waals surface area contributed by atoms with Crippen LogP contribution in [0.25, 0.3) is 0 Å². The Hall–Kier alpha value is 0. The molecule has 2 rings (SSSR count). The summed E-state index contributed by atoms with van der Waals surface area (Å²) in [6, 6.07) is 0. The van der Waals surface area contributed by atoms with Gasteiger partial charge in [-0.1, -0.05) is 40.5 Å². The molecule has 0 aromatic rings. The van der Waals surface area contributed by atoms with Crippen LogP contribution in [0.4, 0.5) is 0 Å². The Labute approximate surface area is 71.4 Å². The topological polar surface area (TPSA) is 0 Å². The maximum atomic E-state index is 2.47. The lowest BCUT2D eigenvalue weighted by atomic mass is 9.81. The van der Waals surface area contributed by atoms with Crippen LogP contribution in [0.1, 0.15) is 53.4 Å². The van der Waals surface area contributed by atoms with Crippen molar-refractivity contribution in [3.05, 3.63) is 0 Å². The molecule has 0 aliphatic heterocycles. The van der Waals surface area contributed by atoms with E-state index in [9.17, 15) is 0 Å². The molecule has 0 heterocycles. The SMILES string of the molecule is CC.CC1CCCC2CC12C. The highest BCUT2D eigenvalue weighted by Gasteiger charge is 2.54. The summed E-state index contributed by atoms with van der Waals surface area (Å²) in [5, 5.41) is 0. The molecule has 0 aromatic carbocycles. The van der Waals surface area contributed by atoms with Crippen molar-refractivity contribution >= 4 is 0 Å². The summed E-state index contributed by atoms with van der Waals surface area (Å²) in [5.41, 5.74) is 0.804. The van der Waals surface area contributed by atoms with Gasteiger partial charge in [-0.25, -0.2) is 0 Å². The van der Waals surface area contributed by atoms with E-state index in [1.807, 2.05) is 13.8 Å². The third-order valence-electron chi connectivity index (χ3n) is 3.77. The molecule has 0 N–H and O–H groups in total. The van der Waals surface area contributed by atoms with Gasteiger partial charge < -0.3 is 0 Å². The van der Waals surface area contributed by atoms with Crippen LogP contribution in [0.5, 0.6) is 0 Å². The van der Waals surface area contributed by atoms with Gasteiger partial charge in [-0.2, -0.15) is 0 Å². The van der Waals surface area contributed by atoms with Crippen molar-refractivity contribution in [2.75, 3.05) is 0 Å². The minimum absolute atomic E-state index is 0.804. The van der Waals surface area contributed by atoms with Crippen molar-refractivity contribution < 1.29 is 0 Å². The van der Waals surface area contributed by atoms with Gasteiger partial charge in [-0.3, -0.25) is 0 Å². The normalized spacial score (nSPS) is 46.9. The molecule has 11 heavy (non-hydrogen) atoms. The zero-order valence-electron chi connectivity index (χ0n) is 8.48. The summed E-state index contributed by atoms with van der Waals surface area (Å²) in [6.45, 7) is 8.90. The fourth-order valence-corrected chi connectivity index (χ4v) is 2.51. The molecule has 3 unspecified atom stereocenters. The van der Waals surface area contributed by atoms with Crippen LogP contribution < -0.4 is 0 Å². The van der Waals surface area contributed by atoms with Crippen molar-refractivity contribution in [1.29, 1.82) is 0 Å². The van der Waals surface area contributed by atoms with Gasteiger partial charge in [0, 0.05) is 0 Å². The van der Waals surface area contributed by atoms with E-state index in [0.29, 0.717) is 0 Å². The Balaban J connectivity index is 0.000000281. The van der Waals surface area contributed by atoms with Crippen LogP contribution in [0.2, 0.25) is 0 Å². The largest absolute Gasteiger partial charge is 0.0683 e. The Morgan fingerprint density at radius 1 is 1.18 bits per heavy atom. The fourth-order valence-electron chi connectivity index (χ4n) is 2.51. The van der Waals surface area contributed by atoms with Crippen LogP contribution in [-0.4, -0.2) is 0 Å². The van der Waals surface area contributed by atoms with E-state index >= 15 is 0 Å². The minimum Gasteiger partial charge on any atom is -0.0683 e. The molecule has 3 atom stereocenters. The third kappa shape index (κ3) is 1.45. The van der Waals surface area contributed by atoms with E-state index in [0.717, 1.165) is 17.3 Å². The molecule has 66 valence electrons. The lowest BCUT2D eigenvalue weighted by molar-refractivity contribution is 0.256. The van der Waals surface area contributed by atoms with E-state index < -0.39 is 0 Å². The Kier molecular flexibility index (Phi) is 2.61. The summed E-state index contributed by atoms with van der Waals surface area (Å²) in [5.74, 6) is 2.15. The van der Waals surface area contributed by atoms with Crippen LogP contribution in [0, 0.1) is 17.3 Å². The standard InChI is InChI=1S/C9H16.C2H6/c1-7-4-3-5-8-6-9(7,8)2;1-2/h7-8H,3-6H2,1-2H3;1-2H3. The van der Waals surface area contributed by atoms with Gasteiger partial charge in [0.05, 0.1) is 0 Å². The molecule has 2 fully saturated rings. The van der Waals surface area contributed by atoms with Gasteiger partial charge in [0.1, 0.15) is 0 Å². The first-order valence-corrected chi connectivity index (χ1v) is 5.23. The lowest BCUT2D eigenvalue weighted by Gasteiger charge is -2.24. The molecule has 0 bridgehead atoms. The maximum absolute atomic E-state index is 2.47. The number of fused-ring (bicyclic) bond motifs is 1. The number of hydrogen-bond donors (Lipinski definition) is 0. The van der Waals surface area contributed by atoms with Crippen molar-refractivity contribution in [3.8, 4) is 0 Å². The number of rotatable bonds is 0. The van der Waals surface area contributed by atoms with Crippen molar-refractivity contribution in [3.63, 3.8) is 0 Å². The van der Waals surface area contributed by atoms with Gasteiger partial charge in [-0.15, -0.1) is 0 Å². The second-order valence-electron chi connectivity index (χ2n) is 4.24. The predicted octanol–water partition coefficient (Wildman–Crippen LogP) is 3.86. The van der Waals surface area contributed by atoms with Crippen LogP contribution in [-0.2, 0) is 0 Å². The van der Waals surface area contributed by atoms with Gasteiger partial charge in [-0.05, 0) is 30.1 Å². The van der Waals surface area contributed by atoms with Gasteiger partial charge in [0.15, 0.2) is 0 Å². The van der Waals surface area contributed by atoms with Crippen molar-refractivity contribution in [1.82, 2.24) is 0 Å². The molecular weight excluding hydrogens is 132 g/mol. The summed E-state index contributed by atoms with van der Waals surface area (Å²) >= 11 is 0. The van der Waals surface area contributed by atoms with E-state index in [1.165, 1.54) is 25.7 Å². The molecule has 0 spiro atoms. The fraction of sp³-hybridized carbons (Fsp3) is 1.00. The van der Waals surface area contributed by atoms with Crippen molar-refractivity contribution in [2.45, 2.75) is 53.4 Å². The average molecular weight is 154 g/mol. The summed E-state index contributed by atoms with van der Waals surface area (Å²) < 4.78 is 0. The third-order valence-corrected chi connectivity index (χ3v) is 3.77. The highest BCUT2D eigenvalue weighted by Crippen LogP contribution is 2.63. The molecular formula is C11H22. The van der Waals surface area contributed by atoms with E-state index in [2.05, 4.69) is 13.8 Å². The Morgan fingerprint density at radius 2 is 1.82 bits per heavy atom. The Morgan fingerprint density at radius 3 is 2.27 bits per heavy atom. The first kappa shape index (κ1) is 9.09. The van der Waals surface area contributed by atoms with E-state index in [4.69, 9.17) is 0 Å². The zero-order chi connectivity index (χ0) is 8.48. The lowest BCUT2D eigenvalue weighted by Crippen LogP contribution is -2.15. The monoisotopic (exact) mass is 154 g/mol. The van der Waals surface area contributed by atoms with Crippen LogP contribution in [0.3, 0.4) is 0 Å². The second kappa shape index (κ2) is 3.16. The molecule has 2 saturated carbocycles. The highest BCUT2D eigenvalue weighted by molar-refractivity contribution is 5.04. The first-order valence-electron chi connectivity index (χ1n) is 5.23. The summed E-state index contributed by atoms with van der Waals surface area (Å²) in [7, 11) is 0. The highest BCUT2D eigenvalue weighted by atomic mass is 14.6. The van der Waals surface area contributed by atoms with Crippen molar-refractivity contribution in [2.24, 2.45) is 17.3 Å². The predicted molar refractivity (Wildman–Crippen MR) is 50.6 cm³/mol. The minimum atomic E-state index is 0.804. The van der Waals surface area contributed by atoms with Crippen LogP contribution >= 0.6 is 0 Å². The zero-order valence-corrected chi connectivity index (χ0v) is 8.48. The maximum Gasteiger partial charge on any atom is -0.0269 e. The molecule has 2 aliphatic carbocycles. The van der Waals surface area contributed by atoms with E-state index in [1.54, 1.807) is 0 Å². The average Bonchev–Trinajstić information content (AvgIpc) is 2.68. The molecule has 0 heteroatoms. The Bertz CT molecular complexity index is 128. The summed E-state index contributed by atoms with van der Waals surface area (Å²) in [4.78, 5) is 0. The number of hydrogen-bond acceptors (Lipinski definition) is 0. The molecule has 0 radical (unpaired) electrons.